The molecule has 0 N–H and O–H groups in total. The number of hydrogen-bond donors (Lipinski definition) is 0. The minimum Gasteiger partial charge on any atom is -0.378 e. The Balaban J connectivity index is 1.89. The number of methoxy groups -OCH3 is 1. The third-order valence-electron chi connectivity index (χ3n) is 5.60. The molecule has 5 nitrogen and oxygen atoms in total. The van der Waals surface area contributed by atoms with Crippen LogP contribution in [0.4, 0.5) is 4.39 Å². The summed E-state index contributed by atoms with van der Waals surface area (Å²) >= 11 is 6.47. The Labute approximate surface area is 196 Å². The van der Waals surface area contributed by atoms with Crippen molar-refractivity contribution in [2.24, 2.45) is 0 Å². The molecule has 0 aliphatic rings. The zero-order chi connectivity index (χ0) is 23.4. The van der Waals surface area contributed by atoms with Gasteiger partial charge in [-0.05, 0) is 48.9 Å². The van der Waals surface area contributed by atoms with E-state index < -0.39 is 5.82 Å². The number of benzene rings is 2. The van der Waals surface area contributed by atoms with E-state index in [2.05, 4.69) is 6.92 Å². The topological polar surface area (TPSA) is 57.0 Å². The second-order valence-corrected chi connectivity index (χ2v) is 8.37. The van der Waals surface area contributed by atoms with Gasteiger partial charge in [0.15, 0.2) is 0 Å². The van der Waals surface area contributed by atoms with Crippen molar-refractivity contribution >= 4 is 22.5 Å². The van der Waals surface area contributed by atoms with Crippen LogP contribution in [0.3, 0.4) is 0 Å². The van der Waals surface area contributed by atoms with Crippen LogP contribution in [-0.2, 0) is 17.8 Å². The van der Waals surface area contributed by atoms with E-state index in [0.29, 0.717) is 35.1 Å². The molecule has 4 rings (SSSR count). The van der Waals surface area contributed by atoms with Gasteiger partial charge in [0.2, 0.25) is 0 Å². The molecule has 0 bridgehead atoms. The van der Waals surface area contributed by atoms with Crippen molar-refractivity contribution in [1.29, 1.82) is 0 Å². The lowest BCUT2D eigenvalue weighted by Gasteiger charge is -2.20. The summed E-state index contributed by atoms with van der Waals surface area (Å²) < 4.78 is 20.7. The van der Waals surface area contributed by atoms with Crippen molar-refractivity contribution in [3.05, 3.63) is 99.1 Å². The van der Waals surface area contributed by atoms with E-state index in [0.717, 1.165) is 24.2 Å². The molecule has 2 heterocycles. The number of nitrogens with zero attached hydrogens (tertiary/aromatic N) is 3. The standard InChI is InChI=1S/C26H25ClFN3O2/c1-3-7-17(22-10-6-8-19(29-22)16-33-2)14-25-30-23-13-12-18(28)15-20(23)26(32)31(25)24-11-5-4-9-21(24)27/h4-6,8-13,15,17H,3,7,14,16H2,1-2H3/t17-/m0/s1. The molecule has 7 heteroatoms. The van der Waals surface area contributed by atoms with Crippen molar-refractivity contribution in [2.75, 3.05) is 7.11 Å². The largest absolute Gasteiger partial charge is 0.378 e. The Morgan fingerprint density at radius 1 is 1.09 bits per heavy atom. The van der Waals surface area contributed by atoms with Crippen LogP contribution in [0.5, 0.6) is 0 Å². The molecule has 0 fully saturated rings. The van der Waals surface area contributed by atoms with E-state index in [1.165, 1.54) is 16.7 Å². The summed E-state index contributed by atoms with van der Waals surface area (Å²) in [6.07, 6.45) is 2.28. The number of hydrogen-bond acceptors (Lipinski definition) is 4. The van der Waals surface area contributed by atoms with E-state index in [4.69, 9.17) is 26.3 Å². The minimum atomic E-state index is -0.483. The normalized spacial score (nSPS) is 12.2. The second-order valence-electron chi connectivity index (χ2n) is 7.96. The fourth-order valence-corrected chi connectivity index (χ4v) is 4.32. The Morgan fingerprint density at radius 3 is 2.67 bits per heavy atom. The number of aromatic nitrogens is 3. The van der Waals surface area contributed by atoms with Gasteiger partial charge in [-0.2, -0.15) is 0 Å². The second kappa shape index (κ2) is 10.2. The van der Waals surface area contributed by atoms with Crippen LogP contribution in [0.15, 0.2) is 65.5 Å². The first kappa shape index (κ1) is 23.1. The Hall–Kier alpha value is -3.09. The Bertz CT molecular complexity index is 1340. The maximum absolute atomic E-state index is 13.9. The smallest absolute Gasteiger partial charge is 0.266 e. The molecule has 2 aromatic heterocycles. The van der Waals surface area contributed by atoms with Gasteiger partial charge in [0, 0.05) is 25.1 Å². The first-order valence-electron chi connectivity index (χ1n) is 10.9. The molecular weight excluding hydrogens is 441 g/mol. The zero-order valence-corrected chi connectivity index (χ0v) is 19.3. The van der Waals surface area contributed by atoms with E-state index >= 15 is 0 Å². The SMILES string of the molecule is CCC[C@@H](Cc1nc2ccc(F)cc2c(=O)n1-c1ccccc1Cl)c1cccc(COC)n1. The lowest BCUT2D eigenvalue weighted by atomic mass is 9.94. The molecule has 170 valence electrons. The van der Waals surface area contributed by atoms with Crippen LogP contribution < -0.4 is 5.56 Å². The van der Waals surface area contributed by atoms with Gasteiger partial charge in [0.1, 0.15) is 11.6 Å². The number of rotatable bonds is 8. The summed E-state index contributed by atoms with van der Waals surface area (Å²) in [7, 11) is 1.64. The highest BCUT2D eigenvalue weighted by atomic mass is 35.5. The van der Waals surface area contributed by atoms with Gasteiger partial charge in [-0.3, -0.25) is 14.3 Å². The van der Waals surface area contributed by atoms with Crippen LogP contribution in [0.1, 0.15) is 42.9 Å². The van der Waals surface area contributed by atoms with Gasteiger partial charge in [0.25, 0.3) is 5.56 Å². The maximum Gasteiger partial charge on any atom is 0.266 e. The van der Waals surface area contributed by atoms with Crippen LogP contribution in [0, 0.1) is 5.82 Å². The molecule has 4 aromatic rings. The summed E-state index contributed by atoms with van der Waals surface area (Å²) in [5.74, 6) is 0.109. The van der Waals surface area contributed by atoms with Gasteiger partial charge in [-0.15, -0.1) is 0 Å². The molecule has 0 unspecified atom stereocenters. The third kappa shape index (κ3) is 4.97. The molecule has 0 aliphatic heterocycles. The quantitative estimate of drug-likeness (QED) is 0.327. The molecule has 2 aromatic carbocycles. The van der Waals surface area contributed by atoms with Crippen LogP contribution in [0.25, 0.3) is 16.6 Å². The van der Waals surface area contributed by atoms with E-state index in [-0.39, 0.29) is 16.9 Å². The number of halogens is 2. The summed E-state index contributed by atoms with van der Waals surface area (Å²) in [5, 5.41) is 0.636. The lowest BCUT2D eigenvalue weighted by molar-refractivity contribution is 0.181. The van der Waals surface area contributed by atoms with Crippen LogP contribution >= 0.6 is 11.6 Å². The Kier molecular flexibility index (Phi) is 7.16. The van der Waals surface area contributed by atoms with E-state index in [1.54, 1.807) is 31.4 Å². The molecule has 0 radical (unpaired) electrons. The summed E-state index contributed by atoms with van der Waals surface area (Å²) in [4.78, 5) is 23.1. The van der Waals surface area contributed by atoms with Crippen molar-refractivity contribution in [2.45, 2.75) is 38.7 Å². The first-order chi connectivity index (χ1) is 16.0. The van der Waals surface area contributed by atoms with Gasteiger partial charge in [-0.1, -0.05) is 43.1 Å². The highest BCUT2D eigenvalue weighted by molar-refractivity contribution is 6.32. The van der Waals surface area contributed by atoms with Crippen molar-refractivity contribution in [1.82, 2.24) is 14.5 Å². The van der Waals surface area contributed by atoms with E-state index in [1.807, 2.05) is 24.3 Å². The molecular formula is C26H25ClFN3O2. The summed E-state index contributed by atoms with van der Waals surface area (Å²) in [5.41, 5.74) is 2.40. The molecule has 0 saturated heterocycles. The fraction of sp³-hybridized carbons (Fsp3) is 0.269. The number of fused-ring (bicyclic) bond motifs is 1. The van der Waals surface area contributed by atoms with Gasteiger partial charge in [0.05, 0.1) is 33.9 Å². The third-order valence-corrected chi connectivity index (χ3v) is 5.92. The van der Waals surface area contributed by atoms with Crippen LogP contribution in [0.2, 0.25) is 5.02 Å². The zero-order valence-electron chi connectivity index (χ0n) is 18.6. The molecule has 33 heavy (non-hydrogen) atoms. The number of para-hydroxylation sites is 1. The highest BCUT2D eigenvalue weighted by Crippen LogP contribution is 2.27. The van der Waals surface area contributed by atoms with Gasteiger partial charge in [-0.25, -0.2) is 9.37 Å². The fourth-order valence-electron chi connectivity index (χ4n) is 4.10. The minimum absolute atomic E-state index is 0.0327. The summed E-state index contributed by atoms with van der Waals surface area (Å²) in [6, 6.07) is 17.1. The average molecular weight is 466 g/mol. The lowest BCUT2D eigenvalue weighted by Crippen LogP contribution is -2.26. The average Bonchev–Trinajstić information content (AvgIpc) is 2.81. The number of ether oxygens (including phenoxy) is 1. The Morgan fingerprint density at radius 2 is 1.91 bits per heavy atom. The van der Waals surface area contributed by atoms with Gasteiger partial charge < -0.3 is 4.74 Å². The van der Waals surface area contributed by atoms with Crippen molar-refractivity contribution in [3.8, 4) is 5.69 Å². The highest BCUT2D eigenvalue weighted by Gasteiger charge is 2.21. The molecule has 0 aliphatic carbocycles. The molecule has 0 spiro atoms. The van der Waals surface area contributed by atoms with E-state index in [9.17, 15) is 9.18 Å². The first-order valence-corrected chi connectivity index (χ1v) is 11.3. The summed E-state index contributed by atoms with van der Waals surface area (Å²) in [6.45, 7) is 2.54. The number of pyridine rings is 1. The van der Waals surface area contributed by atoms with Crippen molar-refractivity contribution in [3.63, 3.8) is 0 Å². The molecule has 0 saturated carbocycles. The van der Waals surface area contributed by atoms with Gasteiger partial charge >= 0.3 is 0 Å². The maximum atomic E-state index is 13.9. The predicted octanol–water partition coefficient (Wildman–Crippen LogP) is 5.85. The van der Waals surface area contributed by atoms with Crippen LogP contribution in [-0.4, -0.2) is 21.6 Å². The van der Waals surface area contributed by atoms with Crippen molar-refractivity contribution < 1.29 is 9.13 Å². The molecule has 0 amide bonds. The predicted molar refractivity (Wildman–Crippen MR) is 129 cm³/mol. The molecule has 1 atom stereocenters. The monoisotopic (exact) mass is 465 g/mol.